The van der Waals surface area contributed by atoms with Crippen molar-refractivity contribution >= 4 is 11.8 Å². The third-order valence-corrected chi connectivity index (χ3v) is 8.95. The summed E-state index contributed by atoms with van der Waals surface area (Å²) in [6, 6.07) is 14.1. The van der Waals surface area contributed by atoms with Crippen molar-refractivity contribution in [3.8, 4) is 11.5 Å². The lowest BCUT2D eigenvalue weighted by molar-refractivity contribution is -0.757. The number of benzene rings is 2. The molecule has 0 saturated carbocycles. The summed E-state index contributed by atoms with van der Waals surface area (Å²) >= 11 is 0. The number of fused-ring (bicyclic) bond motifs is 1. The first-order chi connectivity index (χ1) is 24.9. The summed E-state index contributed by atoms with van der Waals surface area (Å²) in [6.45, 7) is 4.14. The molecule has 0 radical (unpaired) electrons. The van der Waals surface area contributed by atoms with E-state index in [9.17, 15) is 14.9 Å². The predicted octanol–water partition coefficient (Wildman–Crippen LogP) is 4.14. The van der Waals surface area contributed by atoms with Crippen LogP contribution >= 0.6 is 0 Å². The van der Waals surface area contributed by atoms with Crippen molar-refractivity contribution in [3.05, 3.63) is 69.5 Å². The summed E-state index contributed by atoms with van der Waals surface area (Å²) in [5, 5.41) is 27.3. The van der Waals surface area contributed by atoms with Crippen LogP contribution in [0.5, 0.6) is 11.5 Å². The van der Waals surface area contributed by atoms with Crippen molar-refractivity contribution < 1.29 is 43.1 Å². The van der Waals surface area contributed by atoms with Crippen LogP contribution in [0.1, 0.15) is 67.5 Å². The highest BCUT2D eigenvalue weighted by Gasteiger charge is 2.35. The van der Waals surface area contributed by atoms with Crippen molar-refractivity contribution in [1.82, 2.24) is 25.9 Å². The number of aromatic nitrogens is 4. The maximum Gasteiger partial charge on any atom is 0.508 e. The zero-order chi connectivity index (χ0) is 35.8. The number of hydrogen-bond donors (Lipinski definition) is 2. The van der Waals surface area contributed by atoms with Crippen LogP contribution in [0.25, 0.3) is 0 Å². The molecule has 0 amide bonds. The fourth-order valence-corrected chi connectivity index (χ4v) is 6.36. The molecule has 51 heavy (non-hydrogen) atoms. The summed E-state index contributed by atoms with van der Waals surface area (Å²) in [5.41, 5.74) is 3.23. The Bertz CT molecular complexity index is 1500. The number of nitrogens with one attached hydrogen (secondary N) is 2. The zero-order valence-corrected chi connectivity index (χ0v) is 29.1. The van der Waals surface area contributed by atoms with Crippen LogP contribution in [-0.2, 0) is 30.4 Å². The summed E-state index contributed by atoms with van der Waals surface area (Å²) in [5.74, 6) is 1.90. The highest BCUT2D eigenvalue weighted by Crippen LogP contribution is 2.36. The second kappa shape index (κ2) is 19.6. The molecule has 4 atom stereocenters. The van der Waals surface area contributed by atoms with E-state index in [1.165, 1.54) is 0 Å². The molecule has 3 heterocycles. The topological polar surface area (TPSA) is 195 Å². The SMILES string of the molecule is COCCCN1CCOc2ccc(COC3CNC(CC(OC(=O)OCCCCCO[N+](=O)[O-])c4nn[nH]n4)CC3c3ccc(OC)cc3)cc21. The molecule has 4 unspecified atom stereocenters. The van der Waals surface area contributed by atoms with Gasteiger partial charge < -0.3 is 43.5 Å². The predicted molar refractivity (Wildman–Crippen MR) is 182 cm³/mol. The van der Waals surface area contributed by atoms with E-state index in [4.69, 9.17) is 28.4 Å². The molecule has 1 aromatic heterocycles. The maximum absolute atomic E-state index is 12.6. The Labute approximate surface area is 296 Å². The number of carbonyl (C=O) groups is 1. The summed E-state index contributed by atoms with van der Waals surface area (Å²) in [7, 11) is 3.36. The zero-order valence-electron chi connectivity index (χ0n) is 29.1. The Kier molecular flexibility index (Phi) is 14.4. The second-order valence-corrected chi connectivity index (χ2v) is 12.4. The number of anilines is 1. The third-order valence-electron chi connectivity index (χ3n) is 8.95. The molecule has 17 heteroatoms. The summed E-state index contributed by atoms with van der Waals surface area (Å²) in [6.07, 6.45) is 1.72. The molecule has 0 bridgehead atoms. The standard InChI is InChI=1S/C34H47N7O10/c1-45-15-6-13-40-14-18-47-30-12-7-24(19-29(30)40)23-49-32-22-35-26(20-28(32)25-8-10-27(46-2)11-9-25)21-31(33-36-38-39-37-33)51-34(42)48-16-4-3-5-17-50-41(43)44/h7-12,19,26,28,31-32,35H,3-6,13-18,20-23H2,1-2H3,(H,36,37,38,39). The van der Waals surface area contributed by atoms with E-state index in [1.807, 2.05) is 18.2 Å². The van der Waals surface area contributed by atoms with Crippen LogP contribution < -0.4 is 19.7 Å². The molecular weight excluding hydrogens is 666 g/mol. The smallest absolute Gasteiger partial charge is 0.497 e. The molecule has 5 rings (SSSR count). The Balaban J connectivity index is 1.21. The highest BCUT2D eigenvalue weighted by molar-refractivity contribution is 5.61. The van der Waals surface area contributed by atoms with E-state index >= 15 is 0 Å². The van der Waals surface area contributed by atoms with Crippen LogP contribution in [0.4, 0.5) is 10.5 Å². The van der Waals surface area contributed by atoms with E-state index in [-0.39, 0.29) is 37.1 Å². The van der Waals surface area contributed by atoms with Crippen molar-refractivity contribution in [2.45, 2.75) is 69.3 Å². The van der Waals surface area contributed by atoms with Gasteiger partial charge in [0, 0.05) is 45.2 Å². The first-order valence-corrected chi connectivity index (χ1v) is 17.3. The fourth-order valence-electron chi connectivity index (χ4n) is 6.36. The number of carbonyl (C=O) groups excluding carboxylic acids is 1. The first-order valence-electron chi connectivity index (χ1n) is 17.3. The molecule has 17 nitrogen and oxygen atoms in total. The van der Waals surface area contributed by atoms with Gasteiger partial charge in [-0.15, -0.1) is 20.3 Å². The number of ether oxygens (including phenoxy) is 6. The number of hydrogen-bond acceptors (Lipinski definition) is 15. The minimum absolute atomic E-state index is 0.00690. The number of aromatic amines is 1. The summed E-state index contributed by atoms with van der Waals surface area (Å²) < 4.78 is 34.2. The van der Waals surface area contributed by atoms with Crippen molar-refractivity contribution in [3.63, 3.8) is 0 Å². The van der Waals surface area contributed by atoms with E-state index in [1.54, 1.807) is 14.2 Å². The van der Waals surface area contributed by atoms with Gasteiger partial charge in [-0.1, -0.05) is 23.4 Å². The maximum atomic E-state index is 12.6. The third kappa shape index (κ3) is 11.4. The van der Waals surface area contributed by atoms with E-state index in [2.05, 4.69) is 59.9 Å². The van der Waals surface area contributed by atoms with Crippen LogP contribution in [0.2, 0.25) is 0 Å². The van der Waals surface area contributed by atoms with Gasteiger partial charge in [0.25, 0.3) is 5.09 Å². The number of rotatable bonds is 20. The largest absolute Gasteiger partial charge is 0.508 e. The number of piperidine rings is 1. The Morgan fingerprint density at radius 1 is 1.10 bits per heavy atom. The minimum Gasteiger partial charge on any atom is -0.497 e. The van der Waals surface area contributed by atoms with E-state index in [0.717, 1.165) is 47.8 Å². The lowest BCUT2D eigenvalue weighted by atomic mass is 9.82. The van der Waals surface area contributed by atoms with Crippen LogP contribution in [-0.4, -0.2) is 104 Å². The molecule has 2 aromatic carbocycles. The Morgan fingerprint density at radius 2 is 1.94 bits per heavy atom. The van der Waals surface area contributed by atoms with Gasteiger partial charge >= 0.3 is 6.16 Å². The molecule has 2 aliphatic rings. The molecule has 2 N–H and O–H groups in total. The lowest BCUT2D eigenvalue weighted by Crippen LogP contribution is -2.47. The van der Waals surface area contributed by atoms with E-state index in [0.29, 0.717) is 58.5 Å². The van der Waals surface area contributed by atoms with Gasteiger partial charge in [-0.25, -0.2) is 4.79 Å². The minimum atomic E-state index is -0.859. The van der Waals surface area contributed by atoms with Crippen molar-refractivity contribution in [2.75, 3.05) is 65.2 Å². The van der Waals surface area contributed by atoms with Gasteiger partial charge in [0.1, 0.15) is 18.1 Å². The Morgan fingerprint density at radius 3 is 2.71 bits per heavy atom. The molecule has 1 saturated heterocycles. The van der Waals surface area contributed by atoms with Gasteiger partial charge in [0.15, 0.2) is 6.10 Å². The normalized spacial score (nSPS) is 19.0. The van der Waals surface area contributed by atoms with Crippen molar-refractivity contribution in [1.29, 1.82) is 0 Å². The molecular formula is C34H47N7O10. The molecule has 0 aliphatic carbocycles. The lowest BCUT2D eigenvalue weighted by Gasteiger charge is -2.38. The molecule has 278 valence electrons. The number of H-pyrrole nitrogens is 1. The molecule has 2 aliphatic heterocycles. The first kappa shape index (κ1) is 37.5. The van der Waals surface area contributed by atoms with Crippen LogP contribution in [0, 0.1) is 10.1 Å². The number of unbranched alkanes of at least 4 members (excludes halogenated alkanes) is 2. The van der Waals surface area contributed by atoms with Crippen LogP contribution in [0.3, 0.4) is 0 Å². The number of tetrazole rings is 1. The number of nitrogens with zero attached hydrogens (tertiary/aromatic N) is 5. The average Bonchev–Trinajstić information content (AvgIpc) is 3.69. The van der Waals surface area contributed by atoms with E-state index < -0.39 is 17.3 Å². The average molecular weight is 714 g/mol. The van der Waals surface area contributed by atoms with Gasteiger partial charge in [-0.3, -0.25) is 0 Å². The van der Waals surface area contributed by atoms with Gasteiger partial charge in [0.2, 0.25) is 5.82 Å². The molecule has 3 aromatic rings. The monoisotopic (exact) mass is 713 g/mol. The van der Waals surface area contributed by atoms with Gasteiger partial charge in [0.05, 0.1) is 45.3 Å². The molecule has 0 spiro atoms. The quantitative estimate of drug-likeness (QED) is 0.0734. The van der Waals surface area contributed by atoms with Gasteiger partial charge in [-0.05, 0) is 67.5 Å². The highest BCUT2D eigenvalue weighted by atomic mass is 16.9. The van der Waals surface area contributed by atoms with Gasteiger partial charge in [-0.2, -0.15) is 5.21 Å². The summed E-state index contributed by atoms with van der Waals surface area (Å²) in [4.78, 5) is 29.6. The Hall–Kier alpha value is -4.74. The number of methoxy groups -OCH3 is 2. The van der Waals surface area contributed by atoms with Crippen molar-refractivity contribution in [2.24, 2.45) is 0 Å². The fraction of sp³-hybridized carbons (Fsp3) is 0.588. The van der Waals surface area contributed by atoms with Crippen LogP contribution in [0.15, 0.2) is 42.5 Å². The molecule has 1 fully saturated rings. The second-order valence-electron chi connectivity index (χ2n) is 12.4.